The summed E-state index contributed by atoms with van der Waals surface area (Å²) in [6, 6.07) is 12.0. The van der Waals surface area contributed by atoms with E-state index in [4.69, 9.17) is 11.6 Å². The molecule has 0 aliphatic rings. The van der Waals surface area contributed by atoms with Crippen molar-refractivity contribution in [2.75, 3.05) is 5.32 Å². The summed E-state index contributed by atoms with van der Waals surface area (Å²) in [5, 5.41) is 18.6. The number of carbonyl (C=O) groups is 1. The van der Waals surface area contributed by atoms with Gasteiger partial charge in [-0.1, -0.05) is 23.7 Å². The highest BCUT2D eigenvalue weighted by molar-refractivity contribution is 6.34. The van der Waals surface area contributed by atoms with E-state index in [1.54, 1.807) is 6.20 Å². The quantitative estimate of drug-likeness (QED) is 0.376. The fourth-order valence-electron chi connectivity index (χ4n) is 3.26. The summed E-state index contributed by atoms with van der Waals surface area (Å²) >= 11 is 6.00. The molecule has 5 aromatic rings. The number of hydrogen-bond acceptors (Lipinski definition) is 3. The summed E-state index contributed by atoms with van der Waals surface area (Å²) in [4.78, 5) is 15.8. The third-order valence-corrected chi connectivity index (χ3v) is 4.82. The van der Waals surface area contributed by atoms with E-state index in [2.05, 4.69) is 30.7 Å². The zero-order valence-corrected chi connectivity index (χ0v) is 14.6. The Hall–Kier alpha value is -3.58. The summed E-state index contributed by atoms with van der Waals surface area (Å²) in [7, 11) is 0. The molecule has 0 aliphatic carbocycles. The highest BCUT2D eigenvalue weighted by Crippen LogP contribution is 2.34. The number of H-pyrrole nitrogens is 3. The van der Waals surface area contributed by atoms with E-state index in [1.807, 2.05) is 42.6 Å². The molecule has 0 fully saturated rings. The van der Waals surface area contributed by atoms with Gasteiger partial charge in [0.2, 0.25) is 0 Å². The molecule has 4 N–H and O–H groups in total. The molecular formula is C19H13ClN6O. The normalized spacial score (nSPS) is 11.3. The largest absolute Gasteiger partial charge is 0.361 e. The van der Waals surface area contributed by atoms with Gasteiger partial charge in [-0.05, 0) is 35.4 Å². The summed E-state index contributed by atoms with van der Waals surface area (Å²) in [6.07, 6.45) is 4.99. The number of nitrogens with one attached hydrogen (secondary N) is 4. The maximum absolute atomic E-state index is 12.6. The Morgan fingerprint density at radius 3 is 2.74 bits per heavy atom. The van der Waals surface area contributed by atoms with Crippen LogP contribution in [0.2, 0.25) is 5.02 Å². The number of benzene rings is 2. The second kappa shape index (κ2) is 6.00. The van der Waals surface area contributed by atoms with Crippen LogP contribution in [0.3, 0.4) is 0 Å². The van der Waals surface area contributed by atoms with Crippen molar-refractivity contribution < 1.29 is 4.79 Å². The first-order valence-corrected chi connectivity index (χ1v) is 8.62. The fourth-order valence-corrected chi connectivity index (χ4v) is 3.44. The lowest BCUT2D eigenvalue weighted by molar-refractivity contribution is 0.102. The van der Waals surface area contributed by atoms with Crippen LogP contribution < -0.4 is 5.32 Å². The Balaban J connectivity index is 1.65. The zero-order chi connectivity index (χ0) is 18.4. The molecule has 0 radical (unpaired) electrons. The highest BCUT2D eigenvalue weighted by Gasteiger charge is 2.16. The van der Waals surface area contributed by atoms with Crippen LogP contribution in [0.4, 0.5) is 5.69 Å². The minimum atomic E-state index is -0.364. The molecule has 0 unspecified atom stereocenters. The molecule has 7 nitrogen and oxygen atoms in total. The smallest absolute Gasteiger partial charge is 0.275 e. The van der Waals surface area contributed by atoms with Crippen molar-refractivity contribution in [1.82, 2.24) is 25.4 Å². The van der Waals surface area contributed by atoms with Gasteiger partial charge in [-0.3, -0.25) is 15.0 Å². The number of aromatic amines is 3. The number of fused-ring (bicyclic) bond motifs is 2. The van der Waals surface area contributed by atoms with Gasteiger partial charge in [0.15, 0.2) is 0 Å². The van der Waals surface area contributed by atoms with Gasteiger partial charge in [0, 0.05) is 22.5 Å². The van der Waals surface area contributed by atoms with Crippen molar-refractivity contribution in [2.45, 2.75) is 0 Å². The van der Waals surface area contributed by atoms with Crippen LogP contribution in [0.1, 0.15) is 10.5 Å². The molecule has 5 rings (SSSR count). The van der Waals surface area contributed by atoms with Crippen LogP contribution in [-0.2, 0) is 0 Å². The molecule has 27 heavy (non-hydrogen) atoms. The third-order valence-electron chi connectivity index (χ3n) is 4.53. The minimum absolute atomic E-state index is 0.214. The SMILES string of the molecule is O=C(Nc1cc(-c2cccc3[nH]ccc23)cc2[nH]ncc12)c1[nH]ncc1Cl. The average molecular weight is 377 g/mol. The zero-order valence-electron chi connectivity index (χ0n) is 13.9. The molecular weight excluding hydrogens is 364 g/mol. The molecule has 3 heterocycles. The molecule has 0 saturated heterocycles. The van der Waals surface area contributed by atoms with Gasteiger partial charge < -0.3 is 10.3 Å². The molecule has 0 aliphatic heterocycles. The number of carbonyl (C=O) groups excluding carboxylic acids is 1. The van der Waals surface area contributed by atoms with E-state index in [0.29, 0.717) is 5.69 Å². The van der Waals surface area contributed by atoms with Crippen LogP contribution in [0.15, 0.2) is 55.0 Å². The van der Waals surface area contributed by atoms with Crippen LogP contribution in [0.25, 0.3) is 32.9 Å². The van der Waals surface area contributed by atoms with Crippen LogP contribution in [0.5, 0.6) is 0 Å². The number of nitrogens with zero attached hydrogens (tertiary/aromatic N) is 2. The molecule has 0 bridgehead atoms. The van der Waals surface area contributed by atoms with Gasteiger partial charge in [-0.25, -0.2) is 0 Å². The van der Waals surface area contributed by atoms with E-state index in [9.17, 15) is 4.79 Å². The summed E-state index contributed by atoms with van der Waals surface area (Å²) in [5.41, 5.74) is 4.74. The number of hydrogen-bond donors (Lipinski definition) is 4. The molecule has 8 heteroatoms. The van der Waals surface area contributed by atoms with Crippen LogP contribution in [-0.4, -0.2) is 31.3 Å². The molecule has 0 saturated carbocycles. The van der Waals surface area contributed by atoms with Crippen molar-refractivity contribution in [1.29, 1.82) is 0 Å². The topological polar surface area (TPSA) is 102 Å². The van der Waals surface area contributed by atoms with Crippen LogP contribution in [0, 0.1) is 0 Å². The Kier molecular flexibility index (Phi) is 3.48. The average Bonchev–Trinajstić information content (AvgIpc) is 3.40. The van der Waals surface area contributed by atoms with E-state index in [0.717, 1.165) is 32.9 Å². The van der Waals surface area contributed by atoms with Crippen molar-refractivity contribution in [3.05, 3.63) is 65.7 Å². The van der Waals surface area contributed by atoms with Gasteiger partial charge in [0.1, 0.15) is 5.69 Å². The van der Waals surface area contributed by atoms with E-state index in [1.165, 1.54) is 6.20 Å². The Bertz CT molecular complexity index is 1300. The fraction of sp³-hybridized carbons (Fsp3) is 0. The van der Waals surface area contributed by atoms with Gasteiger partial charge in [-0.15, -0.1) is 0 Å². The maximum atomic E-state index is 12.6. The van der Waals surface area contributed by atoms with Crippen molar-refractivity contribution in [3.63, 3.8) is 0 Å². The maximum Gasteiger partial charge on any atom is 0.275 e. The molecule has 0 spiro atoms. The van der Waals surface area contributed by atoms with Crippen molar-refractivity contribution in [2.24, 2.45) is 0 Å². The lowest BCUT2D eigenvalue weighted by Gasteiger charge is -2.10. The molecule has 0 atom stereocenters. The first-order chi connectivity index (χ1) is 13.2. The number of aromatic nitrogens is 5. The van der Waals surface area contributed by atoms with Crippen molar-refractivity contribution >= 4 is 45.0 Å². The Morgan fingerprint density at radius 1 is 1.00 bits per heavy atom. The second-order valence-corrected chi connectivity index (χ2v) is 6.55. The van der Waals surface area contributed by atoms with E-state index >= 15 is 0 Å². The lowest BCUT2D eigenvalue weighted by Crippen LogP contribution is -2.13. The summed E-state index contributed by atoms with van der Waals surface area (Å²) in [6.45, 7) is 0. The standard InChI is InChI=1S/C19H13ClN6O/c20-14-9-23-26-18(14)19(27)24-16-6-10(7-17-13(16)8-22-25-17)11-2-1-3-15-12(11)4-5-21-15/h1-9,21H,(H,22,25)(H,23,26)(H,24,27). The van der Waals surface area contributed by atoms with Gasteiger partial charge in [0.05, 0.1) is 28.6 Å². The van der Waals surface area contributed by atoms with Gasteiger partial charge in [0.25, 0.3) is 5.91 Å². The highest BCUT2D eigenvalue weighted by atomic mass is 35.5. The number of anilines is 1. The van der Waals surface area contributed by atoms with E-state index in [-0.39, 0.29) is 16.6 Å². The number of halogens is 1. The van der Waals surface area contributed by atoms with Gasteiger partial charge >= 0.3 is 0 Å². The number of rotatable bonds is 3. The summed E-state index contributed by atoms with van der Waals surface area (Å²) in [5.74, 6) is -0.364. The van der Waals surface area contributed by atoms with Crippen molar-refractivity contribution in [3.8, 4) is 11.1 Å². The molecule has 132 valence electrons. The van der Waals surface area contributed by atoms with Crippen LogP contribution >= 0.6 is 11.6 Å². The first kappa shape index (κ1) is 15.7. The monoisotopic (exact) mass is 376 g/mol. The Morgan fingerprint density at radius 2 is 1.89 bits per heavy atom. The minimum Gasteiger partial charge on any atom is -0.361 e. The second-order valence-electron chi connectivity index (χ2n) is 6.15. The predicted molar refractivity (Wildman–Crippen MR) is 105 cm³/mol. The molecule has 2 aromatic carbocycles. The molecule has 1 amide bonds. The van der Waals surface area contributed by atoms with E-state index < -0.39 is 0 Å². The Labute approximate surface area is 157 Å². The summed E-state index contributed by atoms with van der Waals surface area (Å²) < 4.78 is 0. The molecule has 3 aromatic heterocycles. The predicted octanol–water partition coefficient (Wildman–Crippen LogP) is 4.34. The first-order valence-electron chi connectivity index (χ1n) is 8.24. The number of amides is 1. The van der Waals surface area contributed by atoms with Gasteiger partial charge in [-0.2, -0.15) is 10.2 Å². The lowest BCUT2D eigenvalue weighted by atomic mass is 9.99. The third kappa shape index (κ3) is 2.56.